The molecule has 8 amide bonds. The number of azide groups is 2. The number of ether oxygens (including phenoxy) is 2. The summed E-state index contributed by atoms with van der Waals surface area (Å²) in [6, 6.07) is 0. The van der Waals surface area contributed by atoms with Crippen molar-refractivity contribution in [1.29, 1.82) is 0 Å². The molecule has 400 valence electrons. The van der Waals surface area contributed by atoms with E-state index < -0.39 is 115 Å². The van der Waals surface area contributed by atoms with Crippen LogP contribution in [-0.4, -0.2) is 140 Å². The number of nitrogens with zero attached hydrogens (tertiary/aromatic N) is 6. The van der Waals surface area contributed by atoms with Gasteiger partial charge in [-0.1, -0.05) is 10.2 Å². The molecule has 70 heavy (non-hydrogen) atoms. The highest BCUT2D eigenvalue weighted by atomic mass is 16.5. The number of amides is 8. The molecule has 0 aliphatic rings. The van der Waals surface area contributed by atoms with Crippen molar-refractivity contribution in [3.8, 4) is 0 Å². The van der Waals surface area contributed by atoms with Crippen molar-refractivity contribution in [2.24, 2.45) is 10.2 Å². The monoisotopic (exact) mass is 1000 g/mol. The van der Waals surface area contributed by atoms with E-state index in [1.807, 2.05) is 0 Å². The lowest BCUT2D eigenvalue weighted by molar-refractivity contribution is -0.150. The van der Waals surface area contributed by atoms with E-state index in [2.05, 4.69) is 72.1 Å². The van der Waals surface area contributed by atoms with Gasteiger partial charge < -0.3 is 63.0 Å². The van der Waals surface area contributed by atoms with Gasteiger partial charge >= 0.3 is 11.9 Å². The molecular weight excluding hydrogens is 925 g/mol. The maximum absolute atomic E-state index is 12.9. The normalized spacial score (nSPS) is 12.2. The second-order valence-corrected chi connectivity index (χ2v) is 21.1. The predicted octanol–water partition coefficient (Wildman–Crippen LogP) is 0.00560. The molecule has 0 fully saturated rings. The van der Waals surface area contributed by atoms with Crippen LogP contribution >= 0.6 is 0 Å². The quantitative estimate of drug-likeness (QED) is 0.0346. The Morgan fingerprint density at radius 3 is 0.600 bits per heavy atom. The van der Waals surface area contributed by atoms with Crippen molar-refractivity contribution in [3.05, 3.63) is 20.9 Å². The molecule has 0 heterocycles. The summed E-state index contributed by atoms with van der Waals surface area (Å²) in [6.45, 7) is 28.5. The van der Waals surface area contributed by atoms with Crippen LogP contribution in [0.25, 0.3) is 20.9 Å². The number of rotatable bonds is 20. The summed E-state index contributed by atoms with van der Waals surface area (Å²) in [5, 5.41) is 27.0. The van der Waals surface area contributed by atoms with Crippen molar-refractivity contribution >= 4 is 59.2 Å². The molecule has 0 aliphatic carbocycles. The first kappa shape index (κ1) is 69.8. The second kappa shape index (κ2) is 24.7. The molecule has 28 nitrogen and oxygen atoms in total. The van der Waals surface area contributed by atoms with Crippen LogP contribution in [0.4, 0.5) is 0 Å². The zero-order valence-electron chi connectivity index (χ0n) is 44.6. The van der Waals surface area contributed by atoms with Crippen molar-refractivity contribution in [2.45, 2.75) is 194 Å². The summed E-state index contributed by atoms with van der Waals surface area (Å²) in [5.74, 6) is -6.73. The van der Waals surface area contributed by atoms with Crippen LogP contribution in [0.3, 0.4) is 0 Å². The molecule has 0 unspecified atom stereocenters. The largest absolute Gasteiger partial charge is 0.467 e. The van der Waals surface area contributed by atoms with Gasteiger partial charge in [0.15, 0.2) is 0 Å². The molecule has 0 rings (SSSR count). The van der Waals surface area contributed by atoms with E-state index in [1.54, 1.807) is 0 Å². The summed E-state index contributed by atoms with van der Waals surface area (Å²) < 4.78 is 9.32. The number of methoxy groups -OCH3 is 2. The molecule has 0 saturated heterocycles. The number of esters is 2. The van der Waals surface area contributed by atoms with Gasteiger partial charge in [0.05, 0.1) is 14.2 Å². The minimum atomic E-state index is -1.49. The number of hydrogen-bond donors (Lipinski definition) is 8. The zero-order chi connectivity index (χ0) is 54.7. The SMILES string of the molecule is COC(=O)C(C)(C)NC(=O)C(C)(C)NC(=O)C(C)(C)NC(=O)C(C)(C)NC(=O)C(C)(C)N=[N+]=[N-].COC(=O)C(C)(C)NC(=O)C(C)(C)NC(=O)C(C)(C)NC(=O)C(C)(C)NC(=O)C(C)(C)N=[N+]=[N-].O.O. The molecule has 0 spiro atoms. The average Bonchev–Trinajstić information content (AvgIpc) is 3.15. The Hall–Kier alpha value is -6.76. The van der Waals surface area contributed by atoms with E-state index >= 15 is 0 Å². The third-order valence-electron chi connectivity index (χ3n) is 9.91. The van der Waals surface area contributed by atoms with Crippen molar-refractivity contribution in [3.63, 3.8) is 0 Å². The molecule has 0 aromatic rings. The topological polar surface area (TPSA) is 446 Å². The summed E-state index contributed by atoms with van der Waals surface area (Å²) in [7, 11) is 2.38. The summed E-state index contributed by atoms with van der Waals surface area (Å²) in [5.41, 5.74) is 2.87. The molecule has 28 heteroatoms. The molecular formula is C42H78N14O14. The predicted molar refractivity (Wildman–Crippen MR) is 255 cm³/mol. The van der Waals surface area contributed by atoms with Crippen LogP contribution < -0.4 is 42.5 Å². The van der Waals surface area contributed by atoms with Crippen LogP contribution in [0.5, 0.6) is 0 Å². The highest BCUT2D eigenvalue weighted by Gasteiger charge is 2.45. The van der Waals surface area contributed by atoms with E-state index in [0.717, 1.165) is 0 Å². The molecule has 0 aliphatic heterocycles. The highest BCUT2D eigenvalue weighted by molar-refractivity contribution is 6.01. The number of carbonyl (C=O) groups is 10. The molecule has 12 N–H and O–H groups in total. The van der Waals surface area contributed by atoms with Gasteiger partial charge in [0, 0.05) is 9.82 Å². The molecule has 0 bridgehead atoms. The third-order valence-corrected chi connectivity index (χ3v) is 9.91. The van der Waals surface area contributed by atoms with E-state index in [0.29, 0.717) is 0 Å². The maximum atomic E-state index is 12.9. The molecule has 0 atom stereocenters. The van der Waals surface area contributed by atoms with Gasteiger partial charge in [-0.2, -0.15) is 0 Å². The van der Waals surface area contributed by atoms with Crippen molar-refractivity contribution in [2.75, 3.05) is 14.2 Å². The van der Waals surface area contributed by atoms with Crippen LogP contribution in [-0.2, 0) is 57.4 Å². The Bertz CT molecular complexity index is 1950. The first-order valence-corrected chi connectivity index (χ1v) is 21.0. The summed E-state index contributed by atoms with van der Waals surface area (Å²) in [6.07, 6.45) is 0. The Kier molecular flexibility index (Phi) is 24.6. The van der Waals surface area contributed by atoms with Gasteiger partial charge in [-0.3, -0.25) is 38.4 Å². The lowest BCUT2D eigenvalue weighted by atomic mass is 9.95. The Morgan fingerprint density at radius 1 is 0.314 bits per heavy atom. The van der Waals surface area contributed by atoms with E-state index in [9.17, 15) is 47.9 Å². The minimum absolute atomic E-state index is 0. The first-order chi connectivity index (χ1) is 30.1. The second-order valence-electron chi connectivity index (χ2n) is 21.1. The number of carbonyl (C=O) groups excluding carboxylic acids is 10. The van der Waals surface area contributed by atoms with Gasteiger partial charge in [0.25, 0.3) is 0 Å². The van der Waals surface area contributed by atoms with Crippen LogP contribution in [0.2, 0.25) is 0 Å². The Morgan fingerprint density at radius 2 is 0.457 bits per heavy atom. The van der Waals surface area contributed by atoms with E-state index in [1.165, 1.54) is 153 Å². The highest BCUT2D eigenvalue weighted by Crippen LogP contribution is 2.18. The molecule has 0 aromatic heterocycles. The molecule has 0 radical (unpaired) electrons. The van der Waals surface area contributed by atoms with Crippen molar-refractivity contribution < 1.29 is 68.4 Å². The van der Waals surface area contributed by atoms with Crippen molar-refractivity contribution in [1.82, 2.24) is 42.5 Å². The van der Waals surface area contributed by atoms with E-state index in [4.69, 9.17) is 11.1 Å². The lowest BCUT2D eigenvalue weighted by Crippen LogP contribution is -2.67. The summed E-state index contributed by atoms with van der Waals surface area (Å²) >= 11 is 0. The van der Waals surface area contributed by atoms with Crippen LogP contribution in [0.15, 0.2) is 10.2 Å². The Balaban J connectivity index is -0.000000605. The van der Waals surface area contributed by atoms with Gasteiger partial charge in [-0.05, 0) is 150 Å². The maximum Gasteiger partial charge on any atom is 0.330 e. The smallest absolute Gasteiger partial charge is 0.330 e. The fraction of sp³-hybridized carbons (Fsp3) is 0.762. The molecule has 0 aromatic carbocycles. The Labute approximate surface area is 408 Å². The first-order valence-electron chi connectivity index (χ1n) is 21.0. The fourth-order valence-corrected chi connectivity index (χ4v) is 4.78. The fourth-order valence-electron chi connectivity index (χ4n) is 4.78. The average molecular weight is 1000 g/mol. The third kappa shape index (κ3) is 20.1. The minimum Gasteiger partial charge on any atom is -0.467 e. The number of nitrogens with one attached hydrogen (secondary N) is 8. The molecule has 0 saturated carbocycles. The van der Waals surface area contributed by atoms with Gasteiger partial charge in [0.2, 0.25) is 47.3 Å². The van der Waals surface area contributed by atoms with Gasteiger partial charge in [0.1, 0.15) is 55.4 Å². The van der Waals surface area contributed by atoms with Gasteiger partial charge in [-0.15, -0.1) is 0 Å². The lowest BCUT2D eigenvalue weighted by Gasteiger charge is -2.36. The standard InChI is InChI=1S/2C21H37N7O6.2H2O/c2*1-17(2,23-13(30)18(3,4)25-15(32)20(7,8)27-28-22)12(29)24-19(5,6)14(31)26-21(9,10)16(33)34-11;;/h2*1-11H3,(H,23,30)(H,24,29)(H,25,32)(H,26,31);2*1H2. The number of hydrogen-bond acceptors (Lipinski definition) is 14. The zero-order valence-corrected chi connectivity index (χ0v) is 44.6. The van der Waals surface area contributed by atoms with Gasteiger partial charge in [-0.25, -0.2) is 9.59 Å². The van der Waals surface area contributed by atoms with Crippen LogP contribution in [0.1, 0.15) is 138 Å². The summed E-state index contributed by atoms with van der Waals surface area (Å²) in [4.78, 5) is 131. The van der Waals surface area contributed by atoms with Crippen LogP contribution in [0, 0.1) is 0 Å². The van der Waals surface area contributed by atoms with E-state index in [-0.39, 0.29) is 11.0 Å².